The monoisotopic (exact) mass is 520 g/mol. The zero-order valence-electron chi connectivity index (χ0n) is 19.5. The van der Waals surface area contributed by atoms with Crippen LogP contribution in [0.4, 0.5) is 5.69 Å². The number of amides is 1. The van der Waals surface area contributed by atoms with E-state index in [2.05, 4.69) is 17.0 Å². The number of hydrogen-bond donors (Lipinski definition) is 0. The molecule has 0 bridgehead atoms. The molecule has 1 saturated heterocycles. The zero-order chi connectivity index (χ0) is 24.5. The Bertz CT molecular complexity index is 1460. The van der Waals surface area contributed by atoms with Crippen molar-refractivity contribution in [2.45, 2.75) is 11.7 Å². The number of piperazine rings is 1. The summed E-state index contributed by atoms with van der Waals surface area (Å²) < 4.78 is 13.2. The first kappa shape index (κ1) is 22.9. The number of thioether (sulfide) groups is 1. The number of benzene rings is 2. The minimum absolute atomic E-state index is 0.0574. The summed E-state index contributed by atoms with van der Waals surface area (Å²) in [5.41, 5.74) is 2.65. The van der Waals surface area contributed by atoms with E-state index in [0.29, 0.717) is 46.5 Å². The molecule has 4 aromatic rings. The van der Waals surface area contributed by atoms with E-state index in [-0.39, 0.29) is 24.0 Å². The first-order chi connectivity index (χ1) is 17.7. The van der Waals surface area contributed by atoms with Gasteiger partial charge >= 0.3 is 0 Å². The summed E-state index contributed by atoms with van der Waals surface area (Å²) >= 11 is 2.70. The SMILES string of the molecule is O=C(CSc1nc2ccsc2c(=O)n1Cc1ccc2c(c1)OCO2)N1CCN(c2ccccc2)CC1. The molecule has 6 rings (SSSR count). The zero-order valence-corrected chi connectivity index (χ0v) is 21.1. The predicted octanol–water partition coefficient (Wildman–Crippen LogP) is 3.68. The van der Waals surface area contributed by atoms with Crippen molar-refractivity contribution in [2.75, 3.05) is 43.6 Å². The Morgan fingerprint density at radius 1 is 1.00 bits per heavy atom. The van der Waals surface area contributed by atoms with Crippen molar-refractivity contribution in [3.63, 3.8) is 0 Å². The number of carbonyl (C=O) groups excluding carboxylic acids is 1. The van der Waals surface area contributed by atoms with Gasteiger partial charge in [-0.3, -0.25) is 14.2 Å². The van der Waals surface area contributed by atoms with Crippen LogP contribution in [0.15, 0.2) is 69.9 Å². The van der Waals surface area contributed by atoms with Gasteiger partial charge in [-0.2, -0.15) is 0 Å². The molecule has 0 saturated carbocycles. The predicted molar refractivity (Wildman–Crippen MR) is 142 cm³/mol. The Hall–Kier alpha value is -3.50. The molecule has 36 heavy (non-hydrogen) atoms. The van der Waals surface area contributed by atoms with E-state index in [4.69, 9.17) is 14.5 Å². The van der Waals surface area contributed by atoms with Crippen molar-refractivity contribution < 1.29 is 14.3 Å². The summed E-state index contributed by atoms with van der Waals surface area (Å²) in [5, 5.41) is 2.41. The number of para-hydroxylation sites is 1. The molecule has 1 amide bonds. The van der Waals surface area contributed by atoms with Crippen LogP contribution >= 0.6 is 23.1 Å². The van der Waals surface area contributed by atoms with Gasteiger partial charge in [0.15, 0.2) is 16.7 Å². The molecular formula is C26H24N4O4S2. The highest BCUT2D eigenvalue weighted by molar-refractivity contribution is 7.99. The second-order valence-electron chi connectivity index (χ2n) is 8.60. The van der Waals surface area contributed by atoms with E-state index in [9.17, 15) is 9.59 Å². The van der Waals surface area contributed by atoms with Crippen LogP contribution in [0.25, 0.3) is 10.2 Å². The molecule has 10 heteroatoms. The number of nitrogens with zero attached hydrogens (tertiary/aromatic N) is 4. The van der Waals surface area contributed by atoms with Gasteiger partial charge in [-0.15, -0.1) is 11.3 Å². The van der Waals surface area contributed by atoms with Crippen LogP contribution in [-0.4, -0.2) is 59.1 Å². The molecular weight excluding hydrogens is 496 g/mol. The Balaban J connectivity index is 1.17. The maximum atomic E-state index is 13.3. The molecule has 184 valence electrons. The molecule has 2 aliphatic heterocycles. The van der Waals surface area contributed by atoms with Gasteiger partial charge in [0.05, 0.1) is 17.8 Å². The summed E-state index contributed by atoms with van der Waals surface area (Å²) in [6.45, 7) is 3.49. The van der Waals surface area contributed by atoms with Gasteiger partial charge in [0, 0.05) is 31.9 Å². The molecule has 0 spiro atoms. The summed E-state index contributed by atoms with van der Waals surface area (Å²) in [5.74, 6) is 1.66. The second-order valence-corrected chi connectivity index (χ2v) is 10.5. The number of hydrogen-bond acceptors (Lipinski definition) is 8. The molecule has 0 radical (unpaired) electrons. The van der Waals surface area contributed by atoms with E-state index >= 15 is 0 Å². The second kappa shape index (κ2) is 9.87. The maximum absolute atomic E-state index is 13.3. The fourth-order valence-corrected chi connectivity index (χ4v) is 6.15. The third-order valence-electron chi connectivity index (χ3n) is 6.39. The molecule has 0 aliphatic carbocycles. The smallest absolute Gasteiger partial charge is 0.272 e. The lowest BCUT2D eigenvalue weighted by Gasteiger charge is -2.36. The molecule has 8 nitrogen and oxygen atoms in total. The number of aromatic nitrogens is 2. The van der Waals surface area contributed by atoms with Gasteiger partial charge < -0.3 is 19.3 Å². The average molecular weight is 521 g/mol. The number of thiophene rings is 1. The number of rotatable bonds is 6. The molecule has 0 N–H and O–H groups in total. The van der Waals surface area contributed by atoms with Crippen molar-refractivity contribution in [1.29, 1.82) is 0 Å². The highest BCUT2D eigenvalue weighted by Crippen LogP contribution is 2.33. The minimum Gasteiger partial charge on any atom is -0.454 e. The summed E-state index contributed by atoms with van der Waals surface area (Å²) in [4.78, 5) is 35.3. The number of anilines is 1. The summed E-state index contributed by atoms with van der Waals surface area (Å²) in [6, 6.07) is 17.8. The summed E-state index contributed by atoms with van der Waals surface area (Å²) in [6.07, 6.45) is 0. The van der Waals surface area contributed by atoms with Crippen molar-refractivity contribution >= 4 is 44.9 Å². The minimum atomic E-state index is -0.0981. The van der Waals surface area contributed by atoms with Crippen LogP contribution in [0.5, 0.6) is 11.5 Å². The quantitative estimate of drug-likeness (QED) is 0.284. The normalized spacial score (nSPS) is 15.0. The van der Waals surface area contributed by atoms with Crippen LogP contribution in [-0.2, 0) is 11.3 Å². The van der Waals surface area contributed by atoms with Gasteiger partial charge in [-0.05, 0) is 41.3 Å². The highest BCUT2D eigenvalue weighted by atomic mass is 32.2. The van der Waals surface area contributed by atoms with Crippen molar-refractivity contribution in [3.8, 4) is 11.5 Å². The first-order valence-corrected chi connectivity index (χ1v) is 13.6. The van der Waals surface area contributed by atoms with E-state index in [1.165, 1.54) is 28.8 Å². The van der Waals surface area contributed by atoms with Gasteiger partial charge in [-0.25, -0.2) is 4.98 Å². The van der Waals surface area contributed by atoms with Gasteiger partial charge in [0.1, 0.15) is 4.70 Å². The maximum Gasteiger partial charge on any atom is 0.272 e. The van der Waals surface area contributed by atoms with Crippen LogP contribution in [0.1, 0.15) is 5.56 Å². The van der Waals surface area contributed by atoms with Gasteiger partial charge in [0.25, 0.3) is 5.56 Å². The van der Waals surface area contributed by atoms with Crippen LogP contribution in [0, 0.1) is 0 Å². The van der Waals surface area contributed by atoms with E-state index in [1.54, 1.807) is 4.57 Å². The Morgan fingerprint density at radius 3 is 2.64 bits per heavy atom. The highest BCUT2D eigenvalue weighted by Gasteiger charge is 2.23. The Labute approximate surface area is 216 Å². The number of fused-ring (bicyclic) bond motifs is 2. The largest absolute Gasteiger partial charge is 0.454 e. The average Bonchev–Trinajstić information content (AvgIpc) is 3.59. The Kier molecular flexibility index (Phi) is 6.28. The van der Waals surface area contributed by atoms with Gasteiger partial charge in [-0.1, -0.05) is 36.0 Å². The topological polar surface area (TPSA) is 76.9 Å². The van der Waals surface area contributed by atoms with Crippen molar-refractivity contribution in [2.24, 2.45) is 0 Å². The third-order valence-corrected chi connectivity index (χ3v) is 8.24. The molecule has 4 heterocycles. The van der Waals surface area contributed by atoms with Crippen LogP contribution in [0.2, 0.25) is 0 Å². The lowest BCUT2D eigenvalue weighted by Crippen LogP contribution is -2.49. The number of ether oxygens (including phenoxy) is 2. The van der Waals surface area contributed by atoms with E-state index < -0.39 is 0 Å². The fourth-order valence-electron chi connectivity index (χ4n) is 4.47. The molecule has 2 aliphatic rings. The molecule has 2 aromatic heterocycles. The molecule has 2 aromatic carbocycles. The van der Waals surface area contributed by atoms with Crippen LogP contribution in [0.3, 0.4) is 0 Å². The van der Waals surface area contributed by atoms with E-state index in [0.717, 1.165) is 18.7 Å². The molecule has 0 unspecified atom stereocenters. The lowest BCUT2D eigenvalue weighted by atomic mass is 10.2. The molecule has 1 fully saturated rings. The van der Waals surface area contributed by atoms with Crippen molar-refractivity contribution in [1.82, 2.24) is 14.5 Å². The number of carbonyl (C=O) groups is 1. The first-order valence-electron chi connectivity index (χ1n) is 11.7. The fraction of sp³-hybridized carbons (Fsp3) is 0.269. The molecule has 0 atom stereocenters. The third kappa shape index (κ3) is 4.54. The van der Waals surface area contributed by atoms with Crippen LogP contribution < -0.4 is 19.9 Å². The summed E-state index contributed by atoms with van der Waals surface area (Å²) in [7, 11) is 0. The van der Waals surface area contributed by atoms with Crippen molar-refractivity contribution in [3.05, 3.63) is 75.9 Å². The lowest BCUT2D eigenvalue weighted by molar-refractivity contribution is -0.128. The van der Waals surface area contributed by atoms with Gasteiger partial charge in [0.2, 0.25) is 12.7 Å². The standard InChI is InChI=1S/C26H24N4O4S2/c31-23(29-11-9-28(10-12-29)19-4-2-1-3-5-19)16-36-26-27-20-8-13-35-24(20)25(32)30(26)15-18-6-7-21-22(14-18)34-17-33-21/h1-8,13-14H,9-12,15-17H2. The Morgan fingerprint density at radius 2 is 1.81 bits per heavy atom. The van der Waals surface area contributed by atoms with E-state index in [1.807, 2.05) is 52.7 Å².